The molecule has 86 valence electrons. The SMILES string of the molecule is C=CC1C(COCc2ccccc2)C1(F)F. The summed E-state index contributed by atoms with van der Waals surface area (Å²) in [7, 11) is 0. The fourth-order valence-corrected chi connectivity index (χ4v) is 1.83. The van der Waals surface area contributed by atoms with Crippen LogP contribution in [0.15, 0.2) is 43.0 Å². The van der Waals surface area contributed by atoms with Crippen LogP contribution in [0.3, 0.4) is 0 Å². The van der Waals surface area contributed by atoms with E-state index in [1.807, 2.05) is 30.3 Å². The number of alkyl halides is 2. The summed E-state index contributed by atoms with van der Waals surface area (Å²) >= 11 is 0. The van der Waals surface area contributed by atoms with Gasteiger partial charge < -0.3 is 4.74 Å². The molecule has 1 aromatic carbocycles. The van der Waals surface area contributed by atoms with E-state index in [1.165, 1.54) is 6.08 Å². The van der Waals surface area contributed by atoms with Crippen molar-refractivity contribution in [2.75, 3.05) is 6.61 Å². The van der Waals surface area contributed by atoms with Gasteiger partial charge in [-0.25, -0.2) is 8.78 Å². The minimum Gasteiger partial charge on any atom is -0.376 e. The maximum atomic E-state index is 13.0. The molecular weight excluding hydrogens is 210 g/mol. The molecule has 1 fully saturated rings. The lowest BCUT2D eigenvalue weighted by Gasteiger charge is -2.02. The van der Waals surface area contributed by atoms with Gasteiger partial charge in [0, 0.05) is 0 Å². The van der Waals surface area contributed by atoms with E-state index in [0.717, 1.165) is 5.56 Å². The molecule has 0 aliphatic heterocycles. The average Bonchev–Trinajstić information content (AvgIpc) is 2.81. The second-order valence-electron chi connectivity index (χ2n) is 4.04. The lowest BCUT2D eigenvalue weighted by atomic mass is 10.2. The standard InChI is InChI=1S/C13H14F2O/c1-2-11-12(13(11,14)15)9-16-8-10-6-4-3-5-7-10/h2-7,11-12H,1,8-9H2. The zero-order valence-corrected chi connectivity index (χ0v) is 8.90. The van der Waals surface area contributed by atoms with E-state index in [9.17, 15) is 8.78 Å². The highest BCUT2D eigenvalue weighted by molar-refractivity contribution is 5.15. The number of halogens is 2. The largest absolute Gasteiger partial charge is 0.376 e. The Hall–Kier alpha value is -1.22. The molecule has 0 spiro atoms. The van der Waals surface area contributed by atoms with Crippen LogP contribution in [0.25, 0.3) is 0 Å². The van der Waals surface area contributed by atoms with Crippen LogP contribution in [0, 0.1) is 11.8 Å². The van der Waals surface area contributed by atoms with Crippen molar-refractivity contribution >= 4 is 0 Å². The molecule has 2 unspecified atom stereocenters. The van der Waals surface area contributed by atoms with Crippen molar-refractivity contribution in [1.82, 2.24) is 0 Å². The van der Waals surface area contributed by atoms with Crippen LogP contribution < -0.4 is 0 Å². The second-order valence-corrected chi connectivity index (χ2v) is 4.04. The normalized spacial score (nSPS) is 26.4. The van der Waals surface area contributed by atoms with E-state index in [4.69, 9.17) is 4.74 Å². The van der Waals surface area contributed by atoms with E-state index < -0.39 is 17.8 Å². The Morgan fingerprint density at radius 1 is 1.31 bits per heavy atom. The predicted molar refractivity (Wildman–Crippen MR) is 58.2 cm³/mol. The number of rotatable bonds is 5. The van der Waals surface area contributed by atoms with Gasteiger partial charge in [0.25, 0.3) is 5.92 Å². The van der Waals surface area contributed by atoms with Crippen LogP contribution in [0.1, 0.15) is 5.56 Å². The lowest BCUT2D eigenvalue weighted by molar-refractivity contribution is 0.0473. The molecule has 0 amide bonds. The summed E-state index contributed by atoms with van der Waals surface area (Å²) < 4.78 is 31.4. The molecule has 2 rings (SSSR count). The van der Waals surface area contributed by atoms with Crippen LogP contribution in [-0.2, 0) is 11.3 Å². The lowest BCUT2D eigenvalue weighted by Crippen LogP contribution is -2.03. The topological polar surface area (TPSA) is 9.23 Å². The summed E-state index contributed by atoms with van der Waals surface area (Å²) in [6.45, 7) is 3.88. The third-order valence-electron chi connectivity index (χ3n) is 2.93. The molecule has 2 atom stereocenters. The summed E-state index contributed by atoms with van der Waals surface area (Å²) in [5, 5.41) is 0. The van der Waals surface area contributed by atoms with Gasteiger partial charge in [0.2, 0.25) is 0 Å². The van der Waals surface area contributed by atoms with Gasteiger partial charge in [-0.1, -0.05) is 36.4 Å². The molecule has 0 N–H and O–H groups in total. The maximum absolute atomic E-state index is 13.0. The molecule has 3 heteroatoms. The number of hydrogen-bond acceptors (Lipinski definition) is 1. The summed E-state index contributed by atoms with van der Waals surface area (Å²) in [5.74, 6) is -4.00. The summed E-state index contributed by atoms with van der Waals surface area (Å²) in [6, 6.07) is 9.53. The Balaban J connectivity index is 1.76. The molecule has 16 heavy (non-hydrogen) atoms. The molecule has 0 saturated heterocycles. The van der Waals surface area contributed by atoms with Crippen LogP contribution in [0.5, 0.6) is 0 Å². The minimum absolute atomic E-state index is 0.0958. The van der Waals surface area contributed by atoms with Gasteiger partial charge in [-0.15, -0.1) is 6.58 Å². The Labute approximate surface area is 93.7 Å². The highest BCUT2D eigenvalue weighted by Gasteiger charge is 2.66. The summed E-state index contributed by atoms with van der Waals surface area (Å²) in [4.78, 5) is 0. The molecule has 0 aromatic heterocycles. The number of ether oxygens (including phenoxy) is 1. The first-order chi connectivity index (χ1) is 7.66. The van der Waals surface area contributed by atoms with Gasteiger partial charge in [-0.2, -0.15) is 0 Å². The van der Waals surface area contributed by atoms with Gasteiger partial charge in [0.1, 0.15) is 0 Å². The number of allylic oxidation sites excluding steroid dienone is 1. The molecule has 1 aliphatic rings. The number of hydrogen-bond donors (Lipinski definition) is 0. The monoisotopic (exact) mass is 224 g/mol. The van der Waals surface area contributed by atoms with E-state index in [1.54, 1.807) is 0 Å². The van der Waals surface area contributed by atoms with Gasteiger partial charge in [-0.05, 0) is 5.56 Å². The zero-order chi connectivity index (χ0) is 11.6. The molecule has 1 aliphatic carbocycles. The third-order valence-corrected chi connectivity index (χ3v) is 2.93. The van der Waals surface area contributed by atoms with Gasteiger partial charge in [-0.3, -0.25) is 0 Å². The predicted octanol–water partition coefficient (Wildman–Crippen LogP) is 3.27. The zero-order valence-electron chi connectivity index (χ0n) is 8.90. The van der Waals surface area contributed by atoms with Crippen molar-refractivity contribution in [2.45, 2.75) is 12.5 Å². The van der Waals surface area contributed by atoms with Crippen molar-refractivity contribution in [3.63, 3.8) is 0 Å². The molecule has 0 heterocycles. The maximum Gasteiger partial charge on any atom is 0.260 e. The molecule has 0 radical (unpaired) electrons. The van der Waals surface area contributed by atoms with Gasteiger partial charge in [0.05, 0.1) is 25.0 Å². The quantitative estimate of drug-likeness (QED) is 0.697. The first kappa shape index (κ1) is 11.3. The fraction of sp³-hybridized carbons (Fsp3) is 0.385. The second kappa shape index (κ2) is 4.34. The van der Waals surface area contributed by atoms with E-state index in [-0.39, 0.29) is 6.61 Å². The van der Waals surface area contributed by atoms with Gasteiger partial charge in [0.15, 0.2) is 0 Å². The fourth-order valence-electron chi connectivity index (χ4n) is 1.83. The molecule has 1 saturated carbocycles. The Kier molecular flexibility index (Phi) is 3.06. The minimum atomic E-state index is -2.61. The van der Waals surface area contributed by atoms with Crippen molar-refractivity contribution in [3.05, 3.63) is 48.6 Å². The third kappa shape index (κ3) is 2.14. The first-order valence-corrected chi connectivity index (χ1v) is 5.28. The molecule has 0 bridgehead atoms. The highest BCUT2D eigenvalue weighted by Crippen LogP contribution is 2.55. The molecule has 1 nitrogen and oxygen atoms in total. The molecular formula is C13H14F2O. The van der Waals surface area contributed by atoms with E-state index in [2.05, 4.69) is 6.58 Å². The average molecular weight is 224 g/mol. The number of benzene rings is 1. The molecule has 1 aromatic rings. The Morgan fingerprint density at radius 3 is 2.56 bits per heavy atom. The Bertz CT molecular complexity index is 361. The highest BCUT2D eigenvalue weighted by atomic mass is 19.3. The summed E-state index contributed by atoms with van der Waals surface area (Å²) in [6.07, 6.45) is 1.32. The van der Waals surface area contributed by atoms with E-state index >= 15 is 0 Å². The van der Waals surface area contributed by atoms with Crippen molar-refractivity contribution in [2.24, 2.45) is 11.8 Å². The van der Waals surface area contributed by atoms with Crippen molar-refractivity contribution < 1.29 is 13.5 Å². The first-order valence-electron chi connectivity index (χ1n) is 5.28. The Morgan fingerprint density at radius 2 is 2.00 bits per heavy atom. The van der Waals surface area contributed by atoms with Crippen LogP contribution >= 0.6 is 0 Å². The van der Waals surface area contributed by atoms with Crippen molar-refractivity contribution in [1.29, 1.82) is 0 Å². The van der Waals surface area contributed by atoms with Crippen molar-refractivity contribution in [3.8, 4) is 0 Å². The van der Waals surface area contributed by atoms with Crippen LogP contribution in [0.4, 0.5) is 8.78 Å². The summed E-state index contributed by atoms with van der Waals surface area (Å²) in [5.41, 5.74) is 1.00. The van der Waals surface area contributed by atoms with Crippen LogP contribution in [-0.4, -0.2) is 12.5 Å². The van der Waals surface area contributed by atoms with Gasteiger partial charge >= 0.3 is 0 Å². The van der Waals surface area contributed by atoms with E-state index in [0.29, 0.717) is 6.61 Å². The smallest absolute Gasteiger partial charge is 0.260 e. The van der Waals surface area contributed by atoms with Crippen LogP contribution in [0.2, 0.25) is 0 Å².